The lowest BCUT2D eigenvalue weighted by Gasteiger charge is -2.16. The molecule has 1 unspecified atom stereocenters. The first-order valence-corrected chi connectivity index (χ1v) is 8.40. The van der Waals surface area contributed by atoms with Crippen LogP contribution < -0.4 is 10.9 Å². The van der Waals surface area contributed by atoms with Crippen molar-refractivity contribution in [2.45, 2.75) is 12.5 Å². The number of hydrogen-bond donors (Lipinski definition) is 1. The number of carbonyl (C=O) groups is 2. The first kappa shape index (κ1) is 16.9. The van der Waals surface area contributed by atoms with Crippen molar-refractivity contribution >= 4 is 34.2 Å². The molecule has 1 aromatic carbocycles. The number of benzene rings is 1. The van der Waals surface area contributed by atoms with Crippen molar-refractivity contribution in [2.75, 3.05) is 7.11 Å². The van der Waals surface area contributed by atoms with E-state index in [4.69, 9.17) is 4.42 Å². The number of nitrogens with one attached hydrogen (secondary N) is 1. The van der Waals surface area contributed by atoms with Gasteiger partial charge in [-0.1, -0.05) is 24.3 Å². The molecule has 0 aliphatic heterocycles. The van der Waals surface area contributed by atoms with Crippen molar-refractivity contribution in [1.29, 1.82) is 0 Å². The van der Waals surface area contributed by atoms with E-state index in [0.29, 0.717) is 11.0 Å². The second kappa shape index (κ2) is 7.31. The Hall–Kier alpha value is -2.93. The second-order valence-corrected chi connectivity index (χ2v) is 6.29. The lowest BCUT2D eigenvalue weighted by molar-refractivity contribution is -0.141. The van der Waals surface area contributed by atoms with Gasteiger partial charge >= 0.3 is 11.6 Å². The van der Waals surface area contributed by atoms with Crippen LogP contribution in [0, 0.1) is 0 Å². The maximum Gasteiger partial charge on any atom is 0.349 e. The summed E-state index contributed by atoms with van der Waals surface area (Å²) in [5.41, 5.74) is -0.419. The van der Waals surface area contributed by atoms with Gasteiger partial charge in [-0.3, -0.25) is 9.59 Å². The smallest absolute Gasteiger partial charge is 0.349 e. The molecule has 0 radical (unpaired) electrons. The molecule has 1 amide bonds. The number of ether oxygens (including phenoxy) is 1. The Morgan fingerprint density at radius 1 is 1.24 bits per heavy atom. The van der Waals surface area contributed by atoms with Gasteiger partial charge in [0.1, 0.15) is 11.1 Å². The maximum absolute atomic E-state index is 12.6. The normalized spacial score (nSPS) is 11.9. The zero-order valence-corrected chi connectivity index (χ0v) is 14.2. The number of esters is 1. The molecule has 0 aliphatic rings. The monoisotopic (exact) mass is 357 g/mol. The summed E-state index contributed by atoms with van der Waals surface area (Å²) in [4.78, 5) is 37.1. The van der Waals surface area contributed by atoms with Crippen LogP contribution in [0.25, 0.3) is 11.0 Å². The van der Waals surface area contributed by atoms with Crippen LogP contribution in [0.2, 0.25) is 0 Å². The van der Waals surface area contributed by atoms with E-state index in [0.717, 1.165) is 4.88 Å². The summed E-state index contributed by atoms with van der Waals surface area (Å²) in [6.07, 6.45) is -0.0261. The molecule has 25 heavy (non-hydrogen) atoms. The topological polar surface area (TPSA) is 85.6 Å². The summed E-state index contributed by atoms with van der Waals surface area (Å²) in [6.45, 7) is 0. The van der Waals surface area contributed by atoms with Crippen LogP contribution in [0.1, 0.15) is 27.7 Å². The molecule has 128 valence electrons. The zero-order valence-electron chi connectivity index (χ0n) is 13.4. The van der Waals surface area contributed by atoms with Crippen LogP contribution in [0.5, 0.6) is 0 Å². The molecule has 3 aromatic rings. The molecule has 2 heterocycles. The van der Waals surface area contributed by atoms with Crippen LogP contribution in [0.3, 0.4) is 0 Å². The molecule has 7 heteroatoms. The fourth-order valence-electron chi connectivity index (χ4n) is 2.42. The van der Waals surface area contributed by atoms with E-state index in [1.54, 1.807) is 30.3 Å². The van der Waals surface area contributed by atoms with E-state index < -0.39 is 23.5 Å². The van der Waals surface area contributed by atoms with Gasteiger partial charge in [-0.2, -0.15) is 0 Å². The Balaban J connectivity index is 1.90. The minimum Gasteiger partial charge on any atom is -0.469 e. The van der Waals surface area contributed by atoms with Crippen molar-refractivity contribution in [2.24, 2.45) is 0 Å². The van der Waals surface area contributed by atoms with Gasteiger partial charge in [-0.25, -0.2) is 4.79 Å². The van der Waals surface area contributed by atoms with E-state index in [2.05, 4.69) is 10.1 Å². The molecule has 2 aromatic heterocycles. The van der Waals surface area contributed by atoms with Gasteiger partial charge in [0, 0.05) is 10.3 Å². The zero-order chi connectivity index (χ0) is 17.8. The number of methoxy groups -OCH3 is 1. The number of rotatable bonds is 5. The molecular weight excluding hydrogens is 342 g/mol. The standard InChI is InChI=1S/C18H15NO5S/c1-23-16(20)10-13(15-7-4-8-25-15)19-17(21)12-9-11-5-2-3-6-14(11)24-18(12)22/h2-9,13H,10H2,1H3,(H,19,21). The summed E-state index contributed by atoms with van der Waals surface area (Å²) < 4.78 is 9.86. The minimum atomic E-state index is -0.723. The highest BCUT2D eigenvalue weighted by atomic mass is 32.1. The largest absolute Gasteiger partial charge is 0.469 e. The third-order valence-electron chi connectivity index (χ3n) is 3.68. The Morgan fingerprint density at radius 3 is 2.76 bits per heavy atom. The molecule has 6 nitrogen and oxygen atoms in total. The number of thiophene rings is 1. The lowest BCUT2D eigenvalue weighted by Crippen LogP contribution is -2.33. The van der Waals surface area contributed by atoms with Crippen LogP contribution in [0.4, 0.5) is 0 Å². The highest BCUT2D eigenvalue weighted by molar-refractivity contribution is 7.10. The van der Waals surface area contributed by atoms with Crippen molar-refractivity contribution in [3.05, 3.63) is 68.7 Å². The molecular formula is C18H15NO5S. The molecule has 0 fully saturated rings. The summed E-state index contributed by atoms with van der Waals surface area (Å²) in [7, 11) is 1.29. The molecule has 0 saturated heterocycles. The molecule has 1 atom stereocenters. The Labute approximate surface area is 147 Å². The number of para-hydroxylation sites is 1. The fourth-order valence-corrected chi connectivity index (χ4v) is 3.20. The number of carbonyl (C=O) groups excluding carboxylic acids is 2. The minimum absolute atomic E-state index is 0.0261. The molecule has 0 saturated carbocycles. The Morgan fingerprint density at radius 2 is 2.04 bits per heavy atom. The molecule has 1 N–H and O–H groups in total. The predicted octanol–water partition coefficient (Wildman–Crippen LogP) is 2.89. The Bertz CT molecular complexity index is 961. The van der Waals surface area contributed by atoms with Crippen LogP contribution in [-0.4, -0.2) is 19.0 Å². The van der Waals surface area contributed by atoms with E-state index >= 15 is 0 Å². The summed E-state index contributed by atoms with van der Waals surface area (Å²) >= 11 is 1.40. The first-order valence-electron chi connectivity index (χ1n) is 7.52. The van der Waals surface area contributed by atoms with E-state index in [1.165, 1.54) is 24.5 Å². The average molecular weight is 357 g/mol. The third-order valence-corrected chi connectivity index (χ3v) is 4.66. The first-order chi connectivity index (χ1) is 12.1. The summed E-state index contributed by atoms with van der Waals surface area (Å²) in [6, 6.07) is 11.5. The second-order valence-electron chi connectivity index (χ2n) is 5.31. The Kier molecular flexibility index (Phi) is 4.95. The highest BCUT2D eigenvalue weighted by Crippen LogP contribution is 2.23. The molecule has 0 aliphatic carbocycles. The predicted molar refractivity (Wildman–Crippen MR) is 93.6 cm³/mol. The van der Waals surface area contributed by atoms with Gasteiger partial charge in [0.05, 0.1) is 19.6 Å². The van der Waals surface area contributed by atoms with Crippen molar-refractivity contribution in [3.63, 3.8) is 0 Å². The summed E-state index contributed by atoms with van der Waals surface area (Å²) in [5, 5.41) is 5.21. The van der Waals surface area contributed by atoms with Crippen molar-refractivity contribution < 1.29 is 18.7 Å². The third kappa shape index (κ3) is 3.77. The number of hydrogen-bond acceptors (Lipinski definition) is 6. The highest BCUT2D eigenvalue weighted by Gasteiger charge is 2.22. The van der Waals surface area contributed by atoms with E-state index in [9.17, 15) is 14.4 Å². The van der Waals surface area contributed by atoms with Crippen LogP contribution >= 0.6 is 11.3 Å². The van der Waals surface area contributed by atoms with E-state index in [-0.39, 0.29) is 12.0 Å². The van der Waals surface area contributed by atoms with E-state index in [1.807, 2.05) is 11.4 Å². The maximum atomic E-state index is 12.6. The summed E-state index contributed by atoms with van der Waals surface area (Å²) in [5.74, 6) is -1.05. The molecule has 0 bridgehead atoms. The lowest BCUT2D eigenvalue weighted by atomic mass is 10.1. The van der Waals surface area contributed by atoms with Gasteiger partial charge in [0.2, 0.25) is 0 Å². The van der Waals surface area contributed by atoms with Gasteiger partial charge in [-0.15, -0.1) is 11.3 Å². The van der Waals surface area contributed by atoms with Crippen molar-refractivity contribution in [1.82, 2.24) is 5.32 Å². The number of amides is 1. The quantitative estimate of drug-likeness (QED) is 0.560. The fraction of sp³-hybridized carbons (Fsp3) is 0.167. The van der Waals surface area contributed by atoms with Crippen LogP contribution in [0.15, 0.2) is 57.1 Å². The van der Waals surface area contributed by atoms with Crippen molar-refractivity contribution in [3.8, 4) is 0 Å². The van der Waals surface area contributed by atoms with Crippen LogP contribution in [-0.2, 0) is 9.53 Å². The van der Waals surface area contributed by atoms with Gasteiger partial charge in [0.25, 0.3) is 5.91 Å². The SMILES string of the molecule is COC(=O)CC(NC(=O)c1cc2ccccc2oc1=O)c1cccs1. The molecule has 3 rings (SSSR count). The average Bonchev–Trinajstić information content (AvgIpc) is 3.14. The molecule has 0 spiro atoms. The van der Waals surface area contributed by atoms with Gasteiger partial charge in [-0.05, 0) is 23.6 Å². The number of fused-ring (bicyclic) bond motifs is 1. The van der Waals surface area contributed by atoms with Gasteiger partial charge in [0.15, 0.2) is 0 Å². The van der Waals surface area contributed by atoms with Gasteiger partial charge < -0.3 is 14.5 Å².